The molecule has 214 valence electrons. The molecule has 0 bridgehead atoms. The van der Waals surface area contributed by atoms with Crippen LogP contribution in [0, 0.1) is 0 Å². The van der Waals surface area contributed by atoms with E-state index in [0.29, 0.717) is 0 Å². The van der Waals surface area contributed by atoms with Crippen LogP contribution in [0.2, 0.25) is 0 Å². The average molecular weight is 602 g/mol. The standard InChI is InChI=1S/C44H27NS/c1-2-14-32-29(11-1)26-39(35-16-4-3-15-34(32)35)28-12-9-13-31(25-28)45-41-21-7-5-17-36(41)40-27-30(23-24-42(40)45)33-19-10-20-38-37-18-6-8-22-43(37)46-44(33)38/h1-27H. The summed E-state index contributed by atoms with van der Waals surface area (Å²) in [6, 6.07) is 60.2. The van der Waals surface area contributed by atoms with Crippen LogP contribution in [0.1, 0.15) is 0 Å². The van der Waals surface area contributed by atoms with Crippen LogP contribution in [0.15, 0.2) is 164 Å². The maximum absolute atomic E-state index is 2.43. The van der Waals surface area contributed by atoms with E-state index in [1.165, 1.54) is 91.5 Å². The molecule has 0 atom stereocenters. The van der Waals surface area contributed by atoms with Gasteiger partial charge < -0.3 is 4.57 Å². The van der Waals surface area contributed by atoms with E-state index in [-0.39, 0.29) is 0 Å². The van der Waals surface area contributed by atoms with E-state index in [4.69, 9.17) is 0 Å². The lowest BCUT2D eigenvalue weighted by Gasteiger charge is -2.14. The molecule has 46 heavy (non-hydrogen) atoms. The molecular weight excluding hydrogens is 575 g/mol. The van der Waals surface area contributed by atoms with E-state index >= 15 is 0 Å². The molecule has 0 radical (unpaired) electrons. The van der Waals surface area contributed by atoms with Crippen molar-refractivity contribution in [3.63, 3.8) is 0 Å². The highest BCUT2D eigenvalue weighted by Gasteiger charge is 2.16. The van der Waals surface area contributed by atoms with Crippen LogP contribution in [-0.2, 0) is 0 Å². The Balaban J connectivity index is 1.18. The van der Waals surface area contributed by atoms with Gasteiger partial charge in [-0.3, -0.25) is 0 Å². The minimum atomic E-state index is 1.17. The number of aromatic nitrogens is 1. The lowest BCUT2D eigenvalue weighted by molar-refractivity contribution is 1.18. The molecule has 0 aliphatic rings. The summed E-state index contributed by atoms with van der Waals surface area (Å²) in [6.45, 7) is 0. The Labute approximate surface area is 270 Å². The first-order valence-corrected chi connectivity index (χ1v) is 16.6. The monoisotopic (exact) mass is 601 g/mol. The molecule has 0 saturated carbocycles. The molecule has 0 unspecified atom stereocenters. The van der Waals surface area contributed by atoms with Crippen LogP contribution in [0.4, 0.5) is 0 Å². The fourth-order valence-electron chi connectivity index (χ4n) is 7.50. The molecule has 8 aromatic carbocycles. The van der Waals surface area contributed by atoms with Gasteiger partial charge in [0.25, 0.3) is 0 Å². The van der Waals surface area contributed by atoms with Gasteiger partial charge in [0, 0.05) is 36.6 Å². The first kappa shape index (κ1) is 25.6. The first-order chi connectivity index (χ1) is 22.8. The predicted molar refractivity (Wildman–Crippen MR) is 200 cm³/mol. The summed E-state index contributed by atoms with van der Waals surface area (Å²) in [4.78, 5) is 0. The second kappa shape index (κ2) is 9.90. The highest BCUT2D eigenvalue weighted by Crippen LogP contribution is 2.42. The summed E-state index contributed by atoms with van der Waals surface area (Å²) in [7, 11) is 0. The third-order valence-corrected chi connectivity index (χ3v) is 10.8. The number of fused-ring (bicyclic) bond motifs is 9. The van der Waals surface area contributed by atoms with E-state index in [9.17, 15) is 0 Å². The van der Waals surface area contributed by atoms with Crippen molar-refractivity contribution in [2.24, 2.45) is 0 Å². The molecule has 0 aliphatic heterocycles. The van der Waals surface area contributed by atoms with E-state index in [2.05, 4.69) is 168 Å². The number of hydrogen-bond donors (Lipinski definition) is 0. The van der Waals surface area contributed by atoms with Crippen LogP contribution in [0.3, 0.4) is 0 Å². The zero-order valence-electron chi connectivity index (χ0n) is 24.9. The molecule has 2 heterocycles. The molecule has 0 saturated heterocycles. The van der Waals surface area contributed by atoms with Crippen molar-refractivity contribution in [2.75, 3.05) is 0 Å². The van der Waals surface area contributed by atoms with Gasteiger partial charge in [0.15, 0.2) is 0 Å². The van der Waals surface area contributed by atoms with Crippen molar-refractivity contribution in [1.29, 1.82) is 0 Å². The van der Waals surface area contributed by atoms with E-state index in [1.54, 1.807) is 0 Å². The van der Waals surface area contributed by atoms with Gasteiger partial charge in [-0.15, -0.1) is 11.3 Å². The van der Waals surface area contributed by atoms with Crippen molar-refractivity contribution < 1.29 is 0 Å². The Morgan fingerprint density at radius 2 is 1.04 bits per heavy atom. The van der Waals surface area contributed by atoms with Crippen molar-refractivity contribution in [3.8, 4) is 27.9 Å². The largest absolute Gasteiger partial charge is 0.309 e. The minimum absolute atomic E-state index is 1.17. The van der Waals surface area contributed by atoms with E-state index in [1.807, 2.05) is 11.3 Å². The van der Waals surface area contributed by atoms with Gasteiger partial charge in [-0.25, -0.2) is 0 Å². The molecule has 0 fully saturated rings. The minimum Gasteiger partial charge on any atom is -0.309 e. The van der Waals surface area contributed by atoms with E-state index in [0.717, 1.165) is 0 Å². The number of benzene rings is 8. The molecule has 10 rings (SSSR count). The van der Waals surface area contributed by atoms with Gasteiger partial charge in [-0.1, -0.05) is 121 Å². The van der Waals surface area contributed by atoms with Gasteiger partial charge in [0.1, 0.15) is 0 Å². The average Bonchev–Trinajstić information content (AvgIpc) is 3.67. The van der Waals surface area contributed by atoms with Gasteiger partial charge in [0.05, 0.1) is 11.0 Å². The van der Waals surface area contributed by atoms with Crippen LogP contribution in [-0.4, -0.2) is 4.57 Å². The Morgan fingerprint density at radius 1 is 0.370 bits per heavy atom. The maximum Gasteiger partial charge on any atom is 0.0541 e. The molecule has 2 heteroatoms. The summed E-state index contributed by atoms with van der Waals surface area (Å²) in [6.07, 6.45) is 0. The second-order valence-electron chi connectivity index (χ2n) is 12.1. The van der Waals surface area contributed by atoms with E-state index < -0.39 is 0 Å². The number of thiophene rings is 1. The van der Waals surface area contributed by atoms with Crippen LogP contribution >= 0.6 is 11.3 Å². The van der Waals surface area contributed by atoms with Gasteiger partial charge in [-0.2, -0.15) is 0 Å². The maximum atomic E-state index is 2.43. The van der Waals surface area contributed by atoms with Crippen LogP contribution < -0.4 is 0 Å². The number of nitrogens with zero attached hydrogens (tertiary/aromatic N) is 1. The summed E-state index contributed by atoms with van der Waals surface area (Å²) in [5, 5.41) is 10.3. The molecule has 0 N–H and O–H groups in total. The fourth-order valence-corrected chi connectivity index (χ4v) is 8.74. The first-order valence-electron chi connectivity index (χ1n) is 15.8. The number of para-hydroxylation sites is 1. The lowest BCUT2D eigenvalue weighted by Crippen LogP contribution is -1.94. The van der Waals surface area contributed by atoms with Crippen molar-refractivity contribution in [3.05, 3.63) is 164 Å². The molecular formula is C44H27NS. The molecule has 0 amide bonds. The molecule has 1 nitrogen and oxygen atoms in total. The molecule has 0 aliphatic carbocycles. The lowest BCUT2D eigenvalue weighted by atomic mass is 9.93. The number of rotatable bonds is 3. The Kier molecular flexibility index (Phi) is 5.51. The van der Waals surface area contributed by atoms with Gasteiger partial charge in [0.2, 0.25) is 0 Å². The number of hydrogen-bond acceptors (Lipinski definition) is 1. The third kappa shape index (κ3) is 3.74. The SMILES string of the molecule is c1cc(-c2cc3ccccc3c3ccccc23)cc(-n2c3ccccc3c3cc(-c4cccc5c4sc4ccccc45)ccc32)c1. The third-order valence-electron chi connectivity index (χ3n) is 9.57. The van der Waals surface area contributed by atoms with Crippen molar-refractivity contribution in [1.82, 2.24) is 4.57 Å². The summed E-state index contributed by atoms with van der Waals surface area (Å²) in [5.41, 5.74) is 8.63. The molecule has 0 spiro atoms. The summed E-state index contributed by atoms with van der Waals surface area (Å²) >= 11 is 1.89. The Bertz CT molecular complexity index is 2810. The normalized spacial score (nSPS) is 11.9. The van der Waals surface area contributed by atoms with Crippen LogP contribution in [0.5, 0.6) is 0 Å². The Morgan fingerprint density at radius 3 is 1.96 bits per heavy atom. The molecule has 2 aromatic heterocycles. The highest BCUT2D eigenvalue weighted by molar-refractivity contribution is 7.26. The topological polar surface area (TPSA) is 4.93 Å². The quantitative estimate of drug-likeness (QED) is 0.178. The molecule has 10 aromatic rings. The smallest absolute Gasteiger partial charge is 0.0541 e. The summed E-state index contributed by atoms with van der Waals surface area (Å²) < 4.78 is 5.12. The zero-order valence-corrected chi connectivity index (χ0v) is 25.8. The van der Waals surface area contributed by atoms with Crippen LogP contribution in [0.25, 0.3) is 91.5 Å². The Hall–Kier alpha value is -5.70. The van der Waals surface area contributed by atoms with Gasteiger partial charge in [-0.05, 0) is 86.3 Å². The zero-order chi connectivity index (χ0) is 30.2. The predicted octanol–water partition coefficient (Wildman–Crippen LogP) is 12.8. The fraction of sp³-hybridized carbons (Fsp3) is 0. The second-order valence-corrected chi connectivity index (χ2v) is 13.2. The van der Waals surface area contributed by atoms with Crippen molar-refractivity contribution in [2.45, 2.75) is 0 Å². The highest BCUT2D eigenvalue weighted by atomic mass is 32.1. The van der Waals surface area contributed by atoms with Crippen molar-refractivity contribution >= 4 is 74.9 Å². The van der Waals surface area contributed by atoms with Gasteiger partial charge >= 0.3 is 0 Å². The summed E-state index contributed by atoms with van der Waals surface area (Å²) in [5.74, 6) is 0.